The smallest absolute Gasteiger partial charge is 0.305 e. The first kappa shape index (κ1) is 14.8. The maximum Gasteiger partial charge on any atom is 0.305 e. The van der Waals surface area contributed by atoms with Crippen LogP contribution in [0.5, 0.6) is 11.5 Å². The van der Waals surface area contributed by atoms with Crippen LogP contribution in [0.4, 0.5) is 0 Å². The van der Waals surface area contributed by atoms with Crippen molar-refractivity contribution >= 4 is 11.9 Å². The number of aliphatic carboxylic acids is 1. The highest BCUT2D eigenvalue weighted by atomic mass is 16.5. The maximum absolute atomic E-state index is 11.2. The summed E-state index contributed by atoms with van der Waals surface area (Å²) in [6, 6.07) is 4.36. The van der Waals surface area contributed by atoms with Crippen molar-refractivity contribution in [1.29, 1.82) is 0 Å². The highest BCUT2D eigenvalue weighted by Gasteiger charge is 2.21. The van der Waals surface area contributed by atoms with Gasteiger partial charge in [0.15, 0.2) is 0 Å². The van der Waals surface area contributed by atoms with E-state index < -0.39 is 12.0 Å². The summed E-state index contributed by atoms with van der Waals surface area (Å²) < 4.78 is 10.3. The summed E-state index contributed by atoms with van der Waals surface area (Å²) >= 11 is 0. The fraction of sp³-hybridized carbons (Fsp3) is 0.385. The van der Waals surface area contributed by atoms with Gasteiger partial charge in [-0.1, -0.05) is 0 Å². The molecule has 0 aromatic heterocycles. The van der Waals surface area contributed by atoms with Crippen LogP contribution in [0.3, 0.4) is 0 Å². The molecule has 0 unspecified atom stereocenters. The van der Waals surface area contributed by atoms with Crippen molar-refractivity contribution in [2.75, 3.05) is 14.2 Å². The lowest BCUT2D eigenvalue weighted by Gasteiger charge is -2.19. The van der Waals surface area contributed by atoms with Crippen LogP contribution in [-0.2, 0) is 9.59 Å². The fourth-order valence-electron chi connectivity index (χ4n) is 1.77. The van der Waals surface area contributed by atoms with E-state index in [9.17, 15) is 9.59 Å². The van der Waals surface area contributed by atoms with Crippen LogP contribution < -0.4 is 14.8 Å². The molecule has 0 saturated heterocycles. The van der Waals surface area contributed by atoms with Gasteiger partial charge in [0.2, 0.25) is 5.91 Å². The standard InChI is InChI=1S/C13H17NO5/c1-8(15)14-11(7-13(16)17)10-6-9(18-2)4-5-12(10)19-3/h4-6,11H,7H2,1-3H3,(H,14,15)(H,16,17)/t11-/m0/s1. The van der Waals surface area contributed by atoms with Crippen molar-refractivity contribution in [2.24, 2.45) is 0 Å². The van der Waals surface area contributed by atoms with E-state index in [1.807, 2.05) is 0 Å². The summed E-state index contributed by atoms with van der Waals surface area (Å²) in [5.74, 6) is -0.253. The molecule has 0 aliphatic carbocycles. The van der Waals surface area contributed by atoms with Crippen molar-refractivity contribution in [2.45, 2.75) is 19.4 Å². The molecule has 1 aromatic carbocycles. The van der Waals surface area contributed by atoms with Gasteiger partial charge in [0.05, 0.1) is 26.7 Å². The van der Waals surface area contributed by atoms with Gasteiger partial charge in [0.25, 0.3) is 0 Å². The van der Waals surface area contributed by atoms with Gasteiger partial charge in [-0.2, -0.15) is 0 Å². The molecule has 19 heavy (non-hydrogen) atoms. The molecule has 6 heteroatoms. The largest absolute Gasteiger partial charge is 0.497 e. The molecule has 0 saturated carbocycles. The van der Waals surface area contributed by atoms with Crippen molar-refractivity contribution in [1.82, 2.24) is 5.32 Å². The molecule has 0 spiro atoms. The number of rotatable bonds is 6. The molecule has 0 aliphatic heterocycles. The van der Waals surface area contributed by atoms with E-state index in [0.717, 1.165) is 0 Å². The highest BCUT2D eigenvalue weighted by Crippen LogP contribution is 2.31. The Bertz CT molecular complexity index is 456. The monoisotopic (exact) mass is 267 g/mol. The minimum atomic E-state index is -1.01. The van der Waals surface area contributed by atoms with E-state index in [0.29, 0.717) is 17.1 Å². The number of amides is 1. The van der Waals surface area contributed by atoms with Gasteiger partial charge in [-0.15, -0.1) is 0 Å². The molecule has 1 amide bonds. The van der Waals surface area contributed by atoms with Crippen molar-refractivity contribution in [3.63, 3.8) is 0 Å². The van der Waals surface area contributed by atoms with Gasteiger partial charge in [0.1, 0.15) is 11.5 Å². The van der Waals surface area contributed by atoms with Crippen LogP contribution in [-0.4, -0.2) is 31.2 Å². The zero-order valence-corrected chi connectivity index (χ0v) is 11.1. The Morgan fingerprint density at radius 1 is 1.32 bits per heavy atom. The van der Waals surface area contributed by atoms with Crippen LogP contribution in [0.15, 0.2) is 18.2 Å². The zero-order valence-electron chi connectivity index (χ0n) is 11.1. The first-order valence-corrected chi connectivity index (χ1v) is 5.68. The minimum absolute atomic E-state index is 0.233. The Balaban J connectivity index is 3.17. The summed E-state index contributed by atoms with van der Waals surface area (Å²) in [6.07, 6.45) is -0.233. The first-order valence-electron chi connectivity index (χ1n) is 5.68. The van der Waals surface area contributed by atoms with Gasteiger partial charge in [-0.05, 0) is 18.2 Å². The summed E-state index contributed by atoms with van der Waals surface area (Å²) in [5, 5.41) is 11.5. The van der Waals surface area contributed by atoms with E-state index in [-0.39, 0.29) is 12.3 Å². The normalized spacial score (nSPS) is 11.5. The SMILES string of the molecule is COc1ccc(OC)c([C@H](CC(=O)O)NC(C)=O)c1. The Morgan fingerprint density at radius 2 is 2.00 bits per heavy atom. The molecule has 0 heterocycles. The molecule has 1 aromatic rings. The number of benzene rings is 1. The third kappa shape index (κ3) is 4.17. The molecule has 0 fully saturated rings. The third-order valence-electron chi connectivity index (χ3n) is 2.57. The van der Waals surface area contributed by atoms with Crippen LogP contribution in [0.1, 0.15) is 24.9 Å². The Morgan fingerprint density at radius 3 is 2.47 bits per heavy atom. The predicted molar refractivity (Wildman–Crippen MR) is 68.4 cm³/mol. The summed E-state index contributed by atoms with van der Waals surface area (Å²) in [5.41, 5.74) is 0.569. The van der Waals surface area contributed by atoms with E-state index in [1.54, 1.807) is 18.2 Å². The maximum atomic E-state index is 11.2. The number of methoxy groups -OCH3 is 2. The molecule has 6 nitrogen and oxygen atoms in total. The molecule has 0 bridgehead atoms. The Hall–Kier alpha value is -2.24. The highest BCUT2D eigenvalue weighted by molar-refractivity contribution is 5.75. The fourth-order valence-corrected chi connectivity index (χ4v) is 1.77. The number of hydrogen-bond acceptors (Lipinski definition) is 4. The van der Waals surface area contributed by atoms with E-state index in [4.69, 9.17) is 14.6 Å². The molecule has 0 aliphatic rings. The molecule has 2 N–H and O–H groups in total. The van der Waals surface area contributed by atoms with Crippen LogP contribution in [0.25, 0.3) is 0 Å². The number of hydrogen-bond donors (Lipinski definition) is 2. The van der Waals surface area contributed by atoms with E-state index in [1.165, 1.54) is 21.1 Å². The van der Waals surface area contributed by atoms with Crippen molar-refractivity contribution < 1.29 is 24.2 Å². The van der Waals surface area contributed by atoms with Gasteiger partial charge in [0, 0.05) is 12.5 Å². The average Bonchev–Trinajstić information content (AvgIpc) is 2.36. The minimum Gasteiger partial charge on any atom is -0.497 e. The summed E-state index contributed by atoms with van der Waals surface area (Å²) in [4.78, 5) is 22.1. The molecular formula is C13H17NO5. The molecule has 0 radical (unpaired) electrons. The lowest BCUT2D eigenvalue weighted by Crippen LogP contribution is -2.28. The van der Waals surface area contributed by atoms with E-state index in [2.05, 4.69) is 5.32 Å². The number of carbonyl (C=O) groups is 2. The molecule has 1 rings (SSSR count). The second-order valence-corrected chi connectivity index (χ2v) is 3.96. The second kappa shape index (κ2) is 6.63. The summed E-state index contributed by atoms with van der Waals surface area (Å²) in [7, 11) is 2.99. The Kier molecular flexibility index (Phi) is 5.17. The van der Waals surface area contributed by atoms with Crippen LogP contribution >= 0.6 is 0 Å². The number of carboxylic acid groups (broad SMARTS) is 1. The van der Waals surface area contributed by atoms with Crippen LogP contribution in [0, 0.1) is 0 Å². The van der Waals surface area contributed by atoms with Gasteiger partial charge in [-0.3, -0.25) is 9.59 Å². The first-order chi connectivity index (χ1) is 8.97. The zero-order chi connectivity index (χ0) is 14.4. The molecule has 104 valence electrons. The van der Waals surface area contributed by atoms with Gasteiger partial charge >= 0.3 is 5.97 Å². The van der Waals surface area contributed by atoms with Crippen molar-refractivity contribution in [3.05, 3.63) is 23.8 Å². The predicted octanol–water partition coefficient (Wildman–Crippen LogP) is 1.36. The molecular weight excluding hydrogens is 250 g/mol. The average molecular weight is 267 g/mol. The third-order valence-corrected chi connectivity index (χ3v) is 2.57. The number of ether oxygens (including phenoxy) is 2. The number of nitrogens with one attached hydrogen (secondary N) is 1. The number of carboxylic acids is 1. The number of carbonyl (C=O) groups excluding carboxylic acids is 1. The topological polar surface area (TPSA) is 84.9 Å². The van der Waals surface area contributed by atoms with Crippen LogP contribution in [0.2, 0.25) is 0 Å². The molecule has 1 atom stereocenters. The summed E-state index contributed by atoms with van der Waals surface area (Å²) in [6.45, 7) is 1.33. The Labute approximate surface area is 111 Å². The van der Waals surface area contributed by atoms with Crippen molar-refractivity contribution in [3.8, 4) is 11.5 Å². The quantitative estimate of drug-likeness (QED) is 0.812. The van der Waals surface area contributed by atoms with Gasteiger partial charge < -0.3 is 19.9 Å². The van der Waals surface area contributed by atoms with Gasteiger partial charge in [-0.25, -0.2) is 0 Å². The lowest BCUT2D eigenvalue weighted by atomic mass is 10.0. The second-order valence-electron chi connectivity index (χ2n) is 3.96. The lowest BCUT2D eigenvalue weighted by molar-refractivity contribution is -0.137. The van der Waals surface area contributed by atoms with E-state index >= 15 is 0 Å².